The number of aromatic nitrogens is 1. The molecule has 0 unspecified atom stereocenters. The average molecular weight is 1280 g/mol. The zero-order chi connectivity index (χ0) is 65.5. The standard InChI is InChI=1S/C90H57B2N5O3/c1-5-28-58(29-6-1)93(59-30-7-2-8-31-59)62-52-81-88-87(55-62)99-85-57-80-72(56-73(85)91(88)70-42-17-22-47-77(70)96(81)76-46-21-15-38-66(76)68-40-27-41-69-67-39-16-25-50-83(67)100-90(68)69)92-71-43-18-26-51-84(71)98-86-54-63(94(60-32-9-3-10-33-60)61-34-11-4-12-35-61)53-82(89(86)92)97(80)79-49-24-23-48-78(79)95-74-44-19-13-36-64(74)65-37-14-20-45-75(65)95/h1-57H. The highest BCUT2D eigenvalue weighted by atomic mass is 16.5. The Balaban J connectivity index is 0.847. The van der Waals surface area contributed by atoms with E-state index in [-0.39, 0.29) is 13.4 Å². The zero-order valence-electron chi connectivity index (χ0n) is 54.0. The van der Waals surface area contributed by atoms with Crippen LogP contribution < -0.4 is 61.9 Å². The van der Waals surface area contributed by atoms with Crippen LogP contribution in [0.4, 0.5) is 68.2 Å². The minimum Gasteiger partial charge on any atom is -0.458 e. The smallest absolute Gasteiger partial charge is 0.256 e. The molecule has 0 fully saturated rings. The zero-order valence-corrected chi connectivity index (χ0v) is 54.0. The lowest BCUT2D eigenvalue weighted by Crippen LogP contribution is -2.63. The van der Waals surface area contributed by atoms with E-state index < -0.39 is 0 Å². The van der Waals surface area contributed by atoms with E-state index in [2.05, 4.69) is 364 Å². The fourth-order valence-electron chi connectivity index (χ4n) is 16.7. The first kappa shape index (κ1) is 56.0. The van der Waals surface area contributed by atoms with Crippen molar-refractivity contribution in [1.29, 1.82) is 0 Å². The van der Waals surface area contributed by atoms with Crippen molar-refractivity contribution in [3.8, 4) is 39.8 Å². The van der Waals surface area contributed by atoms with Gasteiger partial charge in [-0.2, -0.15) is 0 Å². The Labute approximate surface area is 578 Å². The molecule has 0 spiro atoms. The van der Waals surface area contributed by atoms with Crippen molar-refractivity contribution in [3.05, 3.63) is 346 Å². The van der Waals surface area contributed by atoms with Crippen LogP contribution in [0.1, 0.15) is 0 Å². The Morgan fingerprint density at radius 1 is 0.250 bits per heavy atom. The van der Waals surface area contributed by atoms with Gasteiger partial charge in [0.25, 0.3) is 13.4 Å². The molecule has 0 atom stereocenters. The normalized spacial score (nSPS) is 12.9. The minimum atomic E-state index is -0.282. The van der Waals surface area contributed by atoms with E-state index in [0.717, 1.165) is 174 Å². The molecule has 4 aliphatic rings. The Bertz CT molecular complexity index is 6050. The third-order valence-electron chi connectivity index (χ3n) is 20.8. The maximum Gasteiger partial charge on any atom is 0.256 e. The Hall–Kier alpha value is -13.2. The van der Waals surface area contributed by atoms with E-state index in [0.29, 0.717) is 0 Å². The molecule has 100 heavy (non-hydrogen) atoms. The van der Waals surface area contributed by atoms with E-state index in [4.69, 9.17) is 13.9 Å². The van der Waals surface area contributed by atoms with E-state index in [9.17, 15) is 0 Å². The van der Waals surface area contributed by atoms with Gasteiger partial charge in [-0.3, -0.25) is 0 Å². The van der Waals surface area contributed by atoms with Gasteiger partial charge in [-0.1, -0.05) is 218 Å². The minimum absolute atomic E-state index is 0.264. The summed E-state index contributed by atoms with van der Waals surface area (Å²) >= 11 is 0. The van der Waals surface area contributed by atoms with Crippen molar-refractivity contribution in [2.45, 2.75) is 0 Å². The lowest BCUT2D eigenvalue weighted by Gasteiger charge is -2.44. The van der Waals surface area contributed by atoms with Crippen molar-refractivity contribution in [3.63, 3.8) is 0 Å². The van der Waals surface area contributed by atoms with Crippen LogP contribution in [0, 0.1) is 0 Å². The lowest BCUT2D eigenvalue weighted by atomic mass is 9.31. The highest BCUT2D eigenvalue weighted by Crippen LogP contribution is 2.53. The van der Waals surface area contributed by atoms with Gasteiger partial charge in [-0.25, -0.2) is 0 Å². The van der Waals surface area contributed by atoms with Crippen LogP contribution in [-0.4, -0.2) is 18.0 Å². The molecule has 17 aromatic rings. The molecule has 4 aliphatic heterocycles. The van der Waals surface area contributed by atoms with Gasteiger partial charge in [0.1, 0.15) is 34.2 Å². The SMILES string of the molecule is c1ccc(N(c2ccccc2)c2cc3c4c(c2)N(c2ccccc2-c2cccc5c2oc2ccccc25)c2ccccc2B4c2cc4c(cc2O3)N(c2ccccc2-n2c3ccccc3c3ccccc32)c2cc(N(c3ccccc3)c3ccccc3)cc3c2B4c2ccccc2O3)cc1. The number of hydrogen-bond donors (Lipinski definition) is 0. The number of benzene rings is 15. The van der Waals surface area contributed by atoms with Crippen LogP contribution >= 0.6 is 0 Å². The third kappa shape index (κ3) is 8.44. The Kier molecular flexibility index (Phi) is 12.4. The van der Waals surface area contributed by atoms with E-state index in [1.54, 1.807) is 0 Å². The van der Waals surface area contributed by atoms with Gasteiger partial charge in [0.2, 0.25) is 0 Å². The van der Waals surface area contributed by atoms with Gasteiger partial charge in [-0.05, 0) is 142 Å². The number of fused-ring (bicyclic) bond motifs is 14. The molecule has 8 nitrogen and oxygen atoms in total. The van der Waals surface area contributed by atoms with Crippen LogP contribution in [0.15, 0.2) is 350 Å². The number of furan rings is 1. The summed E-state index contributed by atoms with van der Waals surface area (Å²) in [5.41, 5.74) is 25.8. The van der Waals surface area contributed by atoms with Crippen molar-refractivity contribution < 1.29 is 13.9 Å². The van der Waals surface area contributed by atoms with E-state index >= 15 is 0 Å². The van der Waals surface area contributed by atoms with Crippen molar-refractivity contribution in [2.75, 3.05) is 19.6 Å². The summed E-state index contributed by atoms with van der Waals surface area (Å²) in [6.45, 7) is -0.546. The molecule has 21 rings (SSSR count). The first-order valence-electron chi connectivity index (χ1n) is 34.2. The molecule has 466 valence electrons. The monoisotopic (exact) mass is 1280 g/mol. The molecule has 0 radical (unpaired) electrons. The molecule has 2 aromatic heterocycles. The second-order valence-corrected chi connectivity index (χ2v) is 26.2. The summed E-state index contributed by atoms with van der Waals surface area (Å²) < 4.78 is 24.7. The van der Waals surface area contributed by atoms with E-state index in [1.165, 1.54) is 10.8 Å². The van der Waals surface area contributed by atoms with Gasteiger partial charge in [0.05, 0.1) is 39.5 Å². The fourth-order valence-corrected chi connectivity index (χ4v) is 16.7. The molecule has 0 saturated heterocycles. The highest BCUT2D eigenvalue weighted by Gasteiger charge is 2.48. The molecule has 6 heterocycles. The second-order valence-electron chi connectivity index (χ2n) is 26.2. The Morgan fingerprint density at radius 2 is 0.700 bits per heavy atom. The molecule has 10 heteroatoms. The van der Waals surface area contributed by atoms with Crippen molar-refractivity contribution in [1.82, 2.24) is 4.57 Å². The van der Waals surface area contributed by atoms with Crippen molar-refractivity contribution in [2.24, 2.45) is 0 Å². The largest absolute Gasteiger partial charge is 0.458 e. The summed E-state index contributed by atoms with van der Waals surface area (Å²) in [5, 5.41) is 4.54. The van der Waals surface area contributed by atoms with Gasteiger partial charge in [0, 0.05) is 96.4 Å². The summed E-state index contributed by atoms with van der Waals surface area (Å²) in [6, 6.07) is 125. The molecule has 0 amide bonds. The topological polar surface area (TPSA) is 49.5 Å². The average Bonchev–Trinajstić information content (AvgIpc) is 0.719. The number of anilines is 12. The molecule has 0 bridgehead atoms. The van der Waals surface area contributed by atoms with Gasteiger partial charge in [0.15, 0.2) is 0 Å². The summed E-state index contributed by atoms with van der Waals surface area (Å²) in [4.78, 5) is 9.71. The predicted octanol–water partition coefficient (Wildman–Crippen LogP) is 20.1. The first-order valence-corrected chi connectivity index (χ1v) is 34.2. The van der Waals surface area contributed by atoms with Crippen LogP contribution in [-0.2, 0) is 0 Å². The number of para-hydroxylation sites is 13. The number of ether oxygens (including phenoxy) is 2. The quantitative estimate of drug-likeness (QED) is 0.126. The van der Waals surface area contributed by atoms with Gasteiger partial charge in [-0.15, -0.1) is 0 Å². The molecular weight excluding hydrogens is 1220 g/mol. The Morgan fingerprint density at radius 3 is 1.32 bits per heavy atom. The predicted molar refractivity (Wildman–Crippen MR) is 415 cm³/mol. The van der Waals surface area contributed by atoms with Gasteiger partial charge >= 0.3 is 0 Å². The molecule has 0 N–H and O–H groups in total. The molecule has 15 aromatic carbocycles. The molecule has 0 saturated carbocycles. The van der Waals surface area contributed by atoms with Gasteiger partial charge < -0.3 is 38.1 Å². The third-order valence-corrected chi connectivity index (χ3v) is 20.8. The number of hydrogen-bond acceptors (Lipinski definition) is 7. The van der Waals surface area contributed by atoms with Crippen LogP contribution in [0.3, 0.4) is 0 Å². The molecule has 0 aliphatic carbocycles. The first-order chi connectivity index (χ1) is 49.6. The van der Waals surface area contributed by atoms with Crippen LogP contribution in [0.25, 0.3) is 60.6 Å². The van der Waals surface area contributed by atoms with Crippen LogP contribution in [0.5, 0.6) is 23.0 Å². The second kappa shape index (κ2) is 22.2. The summed E-state index contributed by atoms with van der Waals surface area (Å²) in [5.74, 6) is 3.17. The summed E-state index contributed by atoms with van der Waals surface area (Å²) in [6.07, 6.45) is 0. The van der Waals surface area contributed by atoms with Crippen LogP contribution in [0.2, 0.25) is 0 Å². The van der Waals surface area contributed by atoms with Crippen molar-refractivity contribution >= 4 is 158 Å². The highest BCUT2D eigenvalue weighted by molar-refractivity contribution is 7.02. The number of nitrogens with zero attached hydrogens (tertiary/aromatic N) is 5. The fraction of sp³-hybridized carbons (Fsp3) is 0. The molecular formula is C90H57B2N5O3. The lowest BCUT2D eigenvalue weighted by molar-refractivity contribution is 0.487. The van der Waals surface area contributed by atoms with E-state index in [1.807, 2.05) is 6.07 Å². The maximum absolute atomic E-state index is 7.97. The summed E-state index contributed by atoms with van der Waals surface area (Å²) in [7, 11) is 0. The number of rotatable bonds is 10. The maximum atomic E-state index is 7.97.